The summed E-state index contributed by atoms with van der Waals surface area (Å²) in [5.41, 5.74) is 8.00. The summed E-state index contributed by atoms with van der Waals surface area (Å²) in [5, 5.41) is 29.7. The van der Waals surface area contributed by atoms with Crippen molar-refractivity contribution in [1.82, 2.24) is 10.6 Å². The van der Waals surface area contributed by atoms with E-state index in [0.29, 0.717) is 47.0 Å². The van der Waals surface area contributed by atoms with Gasteiger partial charge in [0.1, 0.15) is 17.3 Å². The van der Waals surface area contributed by atoms with Gasteiger partial charge in [-0.25, -0.2) is 0 Å². The smallest absolute Gasteiger partial charge is 0.221 e. The molecular formula is C34H43N7O6W2-2. The molecule has 13 nitrogen and oxygen atoms in total. The van der Waals surface area contributed by atoms with Gasteiger partial charge in [0.15, 0.2) is 11.6 Å². The number of hydrogen-bond acceptors (Lipinski definition) is 8. The zero-order valence-corrected chi connectivity index (χ0v) is 34.7. The van der Waals surface area contributed by atoms with Gasteiger partial charge >= 0.3 is 0 Å². The molecule has 2 amide bonds. The maximum atomic E-state index is 11.7. The van der Waals surface area contributed by atoms with Crippen LogP contribution in [0.1, 0.15) is 63.8 Å². The van der Waals surface area contributed by atoms with Crippen LogP contribution in [0.4, 0.5) is 0 Å². The number of amides is 2. The molecule has 2 rings (SSSR count). The molecule has 0 spiro atoms. The van der Waals surface area contributed by atoms with Crippen molar-refractivity contribution in [2.45, 2.75) is 53.6 Å². The van der Waals surface area contributed by atoms with Crippen LogP contribution in [-0.2, 0) is 61.3 Å². The van der Waals surface area contributed by atoms with E-state index in [9.17, 15) is 19.2 Å². The zero-order valence-electron chi connectivity index (χ0n) is 28.9. The number of rotatable bonds is 15. The van der Waals surface area contributed by atoms with E-state index in [4.69, 9.17) is 25.9 Å². The summed E-state index contributed by atoms with van der Waals surface area (Å²) in [7, 11) is 3.40. The minimum atomic E-state index is -0.335. The maximum absolute atomic E-state index is 11.7. The predicted molar refractivity (Wildman–Crippen MR) is 182 cm³/mol. The fraction of sp³-hybridized carbons (Fsp3) is 0.353. The molecule has 0 aromatic heterocycles. The number of amidine groups is 1. The number of nitrogens with zero attached hydrogens (tertiary/aromatic N) is 3. The van der Waals surface area contributed by atoms with E-state index in [1.165, 1.54) is 39.8 Å². The third-order valence-corrected chi connectivity index (χ3v) is 6.29. The normalized spacial score (nSPS) is 11.8. The number of Topliss-reactive ketones (excluding diaryl/α,β-unsaturated/α-hetero) is 2. The number of nitrogens with one attached hydrogen (secondary N) is 3. The first-order valence-electron chi connectivity index (χ1n) is 14.6. The van der Waals surface area contributed by atoms with Crippen molar-refractivity contribution in [2.75, 3.05) is 27.3 Å². The molecule has 49 heavy (non-hydrogen) atoms. The standard InChI is InChI=1S/C17H23N4O3.C17H20N3O3.2W/c1-10(20-4)9-24-16-8-14(17(18)19)6-5-13(16)7-15(11(2)22)21-12(3)23;1-11(19-4)10-23-17-7-14(9-18)5-6-15(17)8-16(12(2)21)20-13(3)22;;/h5-8,10H,9H2,1-4H3,(H3,18,19)(H,21,23);5-8,11H,10H2,1-4H3,(H,20,22);;/q2*-1;;/b15-7-;16-8-;;. The van der Waals surface area contributed by atoms with Crippen molar-refractivity contribution in [3.8, 4) is 17.6 Å². The number of nitrogens with two attached hydrogens (primary N) is 1. The van der Waals surface area contributed by atoms with Crippen molar-refractivity contribution in [1.29, 1.82) is 10.7 Å². The molecule has 2 aromatic carbocycles. The van der Waals surface area contributed by atoms with Gasteiger partial charge in [0, 0.05) is 86.5 Å². The van der Waals surface area contributed by atoms with Crippen LogP contribution < -0.4 is 25.8 Å². The van der Waals surface area contributed by atoms with Crippen molar-refractivity contribution < 1.29 is 70.8 Å². The van der Waals surface area contributed by atoms with Crippen LogP contribution in [0.5, 0.6) is 11.5 Å². The number of carbonyl (C=O) groups is 4. The Hall–Kier alpha value is -3.94. The molecule has 0 fully saturated rings. The monoisotopic (exact) mass is 1010 g/mol. The molecule has 0 radical (unpaired) electrons. The summed E-state index contributed by atoms with van der Waals surface area (Å²) in [6.45, 7) is 9.89. The van der Waals surface area contributed by atoms with Gasteiger partial charge in [-0.2, -0.15) is 19.4 Å². The Morgan fingerprint density at radius 2 is 1.22 bits per heavy atom. The second-order valence-electron chi connectivity index (χ2n) is 10.5. The molecule has 264 valence electrons. The average molecular weight is 1010 g/mol. The molecule has 2 aromatic rings. The molecule has 15 heteroatoms. The van der Waals surface area contributed by atoms with Crippen LogP contribution in [0.15, 0.2) is 47.8 Å². The van der Waals surface area contributed by atoms with E-state index in [-0.39, 0.29) is 94.8 Å². The summed E-state index contributed by atoms with van der Waals surface area (Å²) in [6, 6.07) is 11.9. The summed E-state index contributed by atoms with van der Waals surface area (Å²) >= 11 is 0. The molecule has 0 saturated heterocycles. The van der Waals surface area contributed by atoms with E-state index in [0.717, 1.165) is 0 Å². The molecule has 0 aliphatic rings. The Kier molecular flexibility index (Phi) is 23.3. The number of hydrogen-bond donors (Lipinski definition) is 4. The quantitative estimate of drug-likeness (QED) is 0.115. The summed E-state index contributed by atoms with van der Waals surface area (Å²) in [6.07, 6.45) is 3.07. The van der Waals surface area contributed by atoms with Crippen LogP contribution in [0, 0.1) is 16.7 Å². The number of nitrogen functional groups attached to an aromatic ring is 1. The van der Waals surface area contributed by atoms with Crippen molar-refractivity contribution in [2.24, 2.45) is 5.73 Å². The molecule has 0 aliphatic carbocycles. The Morgan fingerprint density at radius 3 is 1.57 bits per heavy atom. The van der Waals surface area contributed by atoms with Gasteiger partial charge in [-0.15, -0.1) is 12.1 Å². The maximum Gasteiger partial charge on any atom is 0.221 e. The first-order valence-corrected chi connectivity index (χ1v) is 14.6. The number of nitriles is 1. The zero-order chi connectivity index (χ0) is 35.7. The van der Waals surface area contributed by atoms with Gasteiger partial charge in [-0.1, -0.05) is 26.0 Å². The fourth-order valence-electron chi connectivity index (χ4n) is 3.51. The molecule has 0 aliphatic heterocycles. The summed E-state index contributed by atoms with van der Waals surface area (Å²) in [5.74, 6) is -0.377. The van der Waals surface area contributed by atoms with Gasteiger partial charge in [-0.3, -0.25) is 24.6 Å². The molecule has 2 unspecified atom stereocenters. The molecule has 0 saturated carbocycles. The van der Waals surface area contributed by atoms with Crippen LogP contribution >= 0.6 is 0 Å². The third kappa shape index (κ3) is 17.9. The predicted octanol–water partition coefficient (Wildman–Crippen LogP) is 4.20. The second kappa shape index (κ2) is 24.2. The van der Waals surface area contributed by atoms with Gasteiger partial charge in [0.05, 0.1) is 36.2 Å². The van der Waals surface area contributed by atoms with E-state index in [1.54, 1.807) is 50.5 Å². The molecule has 0 heterocycles. The van der Waals surface area contributed by atoms with E-state index < -0.39 is 0 Å². The number of ketones is 2. The van der Waals surface area contributed by atoms with Crippen molar-refractivity contribution in [3.63, 3.8) is 0 Å². The Bertz CT molecular complexity index is 1570. The Labute approximate surface area is 316 Å². The van der Waals surface area contributed by atoms with Gasteiger partial charge in [0.2, 0.25) is 11.8 Å². The average Bonchev–Trinajstić information content (AvgIpc) is 3.02. The van der Waals surface area contributed by atoms with Crippen LogP contribution in [-0.4, -0.2) is 68.6 Å². The SMILES string of the molecule is C[N-]C(C)COc1cc(C#N)ccc1/C=C(\NC(C)=O)C(C)=O.C[N-]C(C)COc1cc(C(=N)N)ccc1/C=C(\NC(C)=O)C(C)=O.[W].[W]. The Balaban J connectivity index is 0. The van der Waals surface area contributed by atoms with Crippen LogP contribution in [0.25, 0.3) is 22.8 Å². The number of benzene rings is 2. The largest absolute Gasteiger partial charge is 0.660 e. The number of likely N-dealkylation sites (N-methyl/N-ethyl adjacent to an activating group) is 2. The molecule has 0 bridgehead atoms. The second-order valence-corrected chi connectivity index (χ2v) is 10.5. The Morgan fingerprint density at radius 1 is 0.816 bits per heavy atom. The fourth-order valence-corrected chi connectivity index (χ4v) is 3.51. The first kappa shape index (κ1) is 47.2. The first-order chi connectivity index (χ1) is 22.1. The van der Waals surface area contributed by atoms with E-state index in [1.807, 2.05) is 19.9 Å². The van der Waals surface area contributed by atoms with Gasteiger partial charge < -0.3 is 36.5 Å². The van der Waals surface area contributed by atoms with E-state index >= 15 is 0 Å². The number of ether oxygens (including phenoxy) is 2. The van der Waals surface area contributed by atoms with Crippen LogP contribution in [0.3, 0.4) is 0 Å². The molecule has 2 atom stereocenters. The van der Waals surface area contributed by atoms with E-state index in [2.05, 4.69) is 21.3 Å². The molecule has 5 N–H and O–H groups in total. The topological polar surface area (TPSA) is 213 Å². The molecular weight excluding hydrogens is 970 g/mol. The van der Waals surface area contributed by atoms with Crippen LogP contribution in [0.2, 0.25) is 0 Å². The number of carbonyl (C=O) groups excluding carboxylic acids is 4. The summed E-state index contributed by atoms with van der Waals surface area (Å²) < 4.78 is 11.5. The summed E-state index contributed by atoms with van der Waals surface area (Å²) in [4.78, 5) is 45.8. The minimum absolute atomic E-state index is 0. The van der Waals surface area contributed by atoms with Crippen molar-refractivity contribution in [3.05, 3.63) is 80.7 Å². The van der Waals surface area contributed by atoms with Gasteiger partial charge in [0.25, 0.3) is 0 Å². The van der Waals surface area contributed by atoms with Crippen molar-refractivity contribution >= 4 is 41.4 Å². The van der Waals surface area contributed by atoms with Gasteiger partial charge in [-0.05, 0) is 36.4 Å². The third-order valence-electron chi connectivity index (χ3n) is 6.29. The minimum Gasteiger partial charge on any atom is -0.660 e. The number of allylic oxidation sites excluding steroid dienone is 2.